The number of anilines is 1. The van der Waals surface area contributed by atoms with Gasteiger partial charge in [0.1, 0.15) is 0 Å². The van der Waals surface area contributed by atoms with Gasteiger partial charge in [0, 0.05) is 17.7 Å². The van der Waals surface area contributed by atoms with E-state index < -0.39 is 0 Å². The molecule has 2 N–H and O–H groups in total. The largest absolute Gasteiger partial charge is 0.398 e. The molecule has 2 aromatic rings. The van der Waals surface area contributed by atoms with Crippen LogP contribution in [-0.4, -0.2) is 5.78 Å². The Morgan fingerprint density at radius 1 is 1.17 bits per heavy atom. The van der Waals surface area contributed by atoms with Gasteiger partial charge in [-0.05, 0) is 35.2 Å². The number of nitrogens with two attached hydrogens (primary N) is 1. The van der Waals surface area contributed by atoms with Crippen LogP contribution in [0.4, 0.5) is 5.69 Å². The molecule has 2 aromatic carbocycles. The van der Waals surface area contributed by atoms with Crippen LogP contribution in [0.5, 0.6) is 0 Å². The number of carbonyl (C=O) groups is 1. The summed E-state index contributed by atoms with van der Waals surface area (Å²) in [6.07, 6.45) is 1.48. The van der Waals surface area contributed by atoms with Crippen molar-refractivity contribution in [1.29, 1.82) is 0 Å². The second-order valence-electron chi connectivity index (χ2n) is 5.14. The minimum absolute atomic E-state index is 0.145. The molecule has 0 unspecified atom stereocenters. The van der Waals surface area contributed by atoms with E-state index in [1.165, 1.54) is 0 Å². The van der Waals surface area contributed by atoms with E-state index in [-0.39, 0.29) is 5.78 Å². The van der Waals surface area contributed by atoms with Crippen LogP contribution in [0.25, 0.3) is 10.8 Å². The van der Waals surface area contributed by atoms with E-state index in [1.807, 2.05) is 36.4 Å². The highest BCUT2D eigenvalue weighted by molar-refractivity contribution is 6.05. The molecule has 0 spiro atoms. The van der Waals surface area contributed by atoms with Gasteiger partial charge in [0.15, 0.2) is 5.78 Å². The first-order chi connectivity index (χ1) is 8.58. The minimum Gasteiger partial charge on any atom is -0.398 e. The fraction of sp³-hybridized carbons (Fsp3) is 0.312. The van der Waals surface area contributed by atoms with Crippen LogP contribution in [0.1, 0.15) is 37.0 Å². The number of carbonyl (C=O) groups excluding carboxylic acids is 1. The molecule has 18 heavy (non-hydrogen) atoms. The Balaban J connectivity index is 2.32. The van der Waals surface area contributed by atoms with E-state index in [2.05, 4.69) is 13.8 Å². The second kappa shape index (κ2) is 5.21. The Labute approximate surface area is 108 Å². The van der Waals surface area contributed by atoms with Crippen molar-refractivity contribution in [3.63, 3.8) is 0 Å². The lowest BCUT2D eigenvalue weighted by Gasteiger charge is -2.08. The van der Waals surface area contributed by atoms with Crippen molar-refractivity contribution in [1.82, 2.24) is 0 Å². The molecule has 0 aliphatic carbocycles. The number of ketones is 1. The molecule has 0 atom stereocenters. The second-order valence-corrected chi connectivity index (χ2v) is 5.14. The summed E-state index contributed by atoms with van der Waals surface area (Å²) in [6.45, 7) is 4.24. The molecule has 2 heteroatoms. The SMILES string of the molecule is CC(C)CCC(=O)c1cc2ccccc2cc1N. The molecule has 94 valence electrons. The van der Waals surface area contributed by atoms with Crippen molar-refractivity contribution in [3.05, 3.63) is 42.0 Å². The average molecular weight is 241 g/mol. The molecule has 0 bridgehead atoms. The number of hydrogen-bond acceptors (Lipinski definition) is 2. The Kier molecular flexibility index (Phi) is 3.66. The van der Waals surface area contributed by atoms with Crippen LogP contribution >= 0.6 is 0 Å². The van der Waals surface area contributed by atoms with Gasteiger partial charge in [-0.1, -0.05) is 38.1 Å². The maximum Gasteiger partial charge on any atom is 0.164 e. The van der Waals surface area contributed by atoms with E-state index in [9.17, 15) is 4.79 Å². The molecule has 0 aliphatic rings. The summed E-state index contributed by atoms with van der Waals surface area (Å²) in [7, 11) is 0. The zero-order valence-electron chi connectivity index (χ0n) is 10.9. The smallest absolute Gasteiger partial charge is 0.164 e. The number of hydrogen-bond donors (Lipinski definition) is 1. The zero-order valence-corrected chi connectivity index (χ0v) is 10.9. The van der Waals surface area contributed by atoms with E-state index in [0.29, 0.717) is 23.6 Å². The maximum absolute atomic E-state index is 12.1. The third-order valence-corrected chi connectivity index (χ3v) is 3.17. The predicted molar refractivity (Wildman–Crippen MR) is 76.8 cm³/mol. The Bertz CT molecular complexity index is 572. The highest BCUT2D eigenvalue weighted by atomic mass is 16.1. The molecule has 0 heterocycles. The topological polar surface area (TPSA) is 43.1 Å². The van der Waals surface area contributed by atoms with Crippen molar-refractivity contribution in [2.45, 2.75) is 26.7 Å². The molecule has 0 saturated heterocycles. The van der Waals surface area contributed by atoms with Gasteiger partial charge in [-0.2, -0.15) is 0 Å². The van der Waals surface area contributed by atoms with Crippen LogP contribution in [0.3, 0.4) is 0 Å². The van der Waals surface area contributed by atoms with Crippen LogP contribution in [0.2, 0.25) is 0 Å². The molecule has 0 saturated carbocycles. The summed E-state index contributed by atoms with van der Waals surface area (Å²) in [5, 5.41) is 2.15. The number of fused-ring (bicyclic) bond motifs is 1. The summed E-state index contributed by atoms with van der Waals surface area (Å²) in [5.74, 6) is 0.683. The molecule has 0 aliphatic heterocycles. The quantitative estimate of drug-likeness (QED) is 0.648. The summed E-state index contributed by atoms with van der Waals surface area (Å²) >= 11 is 0. The van der Waals surface area contributed by atoms with Gasteiger partial charge in [-0.3, -0.25) is 4.79 Å². The van der Waals surface area contributed by atoms with Gasteiger partial charge in [-0.25, -0.2) is 0 Å². The molecule has 0 radical (unpaired) electrons. The van der Waals surface area contributed by atoms with Crippen LogP contribution < -0.4 is 5.73 Å². The normalized spacial score (nSPS) is 11.1. The molecular weight excluding hydrogens is 222 g/mol. The third kappa shape index (κ3) is 2.70. The predicted octanol–water partition coefficient (Wildman–Crippen LogP) is 4.04. The van der Waals surface area contributed by atoms with Crippen molar-refractivity contribution < 1.29 is 4.79 Å². The number of nitrogen functional groups attached to an aromatic ring is 1. The van der Waals surface area contributed by atoms with Gasteiger partial charge < -0.3 is 5.73 Å². The van der Waals surface area contributed by atoms with Gasteiger partial charge in [0.05, 0.1) is 0 Å². The van der Waals surface area contributed by atoms with Gasteiger partial charge in [0.25, 0.3) is 0 Å². The summed E-state index contributed by atoms with van der Waals surface area (Å²) in [4.78, 5) is 12.1. The van der Waals surface area contributed by atoms with E-state index in [1.54, 1.807) is 0 Å². The highest BCUT2D eigenvalue weighted by Crippen LogP contribution is 2.23. The Morgan fingerprint density at radius 3 is 2.39 bits per heavy atom. The molecular formula is C16H19NO. The lowest BCUT2D eigenvalue weighted by atomic mass is 9.97. The first-order valence-corrected chi connectivity index (χ1v) is 6.39. The van der Waals surface area contributed by atoms with Crippen LogP contribution in [-0.2, 0) is 0 Å². The molecule has 0 fully saturated rings. The third-order valence-electron chi connectivity index (χ3n) is 3.17. The highest BCUT2D eigenvalue weighted by Gasteiger charge is 2.11. The molecule has 0 amide bonds. The Hall–Kier alpha value is -1.83. The fourth-order valence-corrected chi connectivity index (χ4v) is 2.05. The van der Waals surface area contributed by atoms with Crippen molar-refractivity contribution in [2.75, 3.05) is 5.73 Å². The molecule has 2 rings (SSSR count). The number of benzene rings is 2. The monoisotopic (exact) mass is 241 g/mol. The van der Waals surface area contributed by atoms with Crippen molar-refractivity contribution >= 4 is 22.2 Å². The first kappa shape index (κ1) is 12.6. The summed E-state index contributed by atoms with van der Waals surface area (Å²) in [5.41, 5.74) is 7.22. The van der Waals surface area contributed by atoms with Crippen molar-refractivity contribution in [3.8, 4) is 0 Å². The van der Waals surface area contributed by atoms with Crippen LogP contribution in [0, 0.1) is 5.92 Å². The van der Waals surface area contributed by atoms with E-state index >= 15 is 0 Å². The Morgan fingerprint density at radius 2 is 1.78 bits per heavy atom. The van der Waals surface area contributed by atoms with Crippen LogP contribution in [0.15, 0.2) is 36.4 Å². The van der Waals surface area contributed by atoms with Gasteiger partial charge in [-0.15, -0.1) is 0 Å². The number of rotatable bonds is 4. The first-order valence-electron chi connectivity index (χ1n) is 6.39. The van der Waals surface area contributed by atoms with E-state index in [0.717, 1.165) is 17.2 Å². The maximum atomic E-state index is 12.1. The van der Waals surface area contributed by atoms with E-state index in [4.69, 9.17) is 5.73 Å². The standard InChI is InChI=1S/C16H19NO/c1-11(2)7-8-16(18)14-9-12-5-3-4-6-13(12)10-15(14)17/h3-6,9-11H,7-8,17H2,1-2H3. The summed E-state index contributed by atoms with van der Waals surface area (Å²) in [6, 6.07) is 11.8. The lowest BCUT2D eigenvalue weighted by Crippen LogP contribution is -2.05. The fourth-order valence-electron chi connectivity index (χ4n) is 2.05. The lowest BCUT2D eigenvalue weighted by molar-refractivity contribution is 0.0976. The zero-order chi connectivity index (χ0) is 13.1. The minimum atomic E-state index is 0.145. The summed E-state index contributed by atoms with van der Waals surface area (Å²) < 4.78 is 0. The van der Waals surface area contributed by atoms with Gasteiger partial charge in [0.2, 0.25) is 0 Å². The molecule has 2 nitrogen and oxygen atoms in total. The van der Waals surface area contributed by atoms with Gasteiger partial charge >= 0.3 is 0 Å². The molecule has 0 aromatic heterocycles. The number of Topliss-reactive ketones (excluding diaryl/α,β-unsaturated/α-hetero) is 1. The average Bonchev–Trinajstić information content (AvgIpc) is 2.35. The van der Waals surface area contributed by atoms with Crippen molar-refractivity contribution in [2.24, 2.45) is 5.92 Å².